The minimum Gasteiger partial charge on any atom is -0.313 e. The molecule has 1 aromatic carbocycles. The van der Waals surface area contributed by atoms with Crippen molar-refractivity contribution in [1.82, 2.24) is 5.32 Å². The highest BCUT2D eigenvalue weighted by Gasteiger charge is 1.97. The van der Waals surface area contributed by atoms with Crippen LogP contribution in [-0.2, 0) is 6.54 Å². The Morgan fingerprint density at radius 3 is 2.73 bits per heavy atom. The Morgan fingerprint density at radius 1 is 1.27 bits per heavy atom. The van der Waals surface area contributed by atoms with Crippen LogP contribution in [0.2, 0.25) is 5.02 Å². The maximum atomic E-state index is 6.05. The van der Waals surface area contributed by atoms with Crippen LogP contribution in [0.25, 0.3) is 0 Å². The van der Waals surface area contributed by atoms with Gasteiger partial charge in [0.05, 0.1) is 0 Å². The van der Waals surface area contributed by atoms with Crippen LogP contribution in [-0.4, -0.2) is 6.54 Å². The third-order valence-electron chi connectivity index (χ3n) is 2.52. The molecule has 0 bridgehead atoms. The molecule has 1 nitrogen and oxygen atoms in total. The molecule has 0 aliphatic heterocycles. The van der Waals surface area contributed by atoms with Crippen molar-refractivity contribution in [2.75, 3.05) is 6.54 Å². The minimum absolute atomic E-state index is 0.864. The smallest absolute Gasteiger partial charge is 0.0438 e. The highest BCUT2D eigenvalue weighted by Crippen LogP contribution is 2.16. The van der Waals surface area contributed by atoms with E-state index in [-0.39, 0.29) is 0 Å². The molecular formula is C13H20ClN. The van der Waals surface area contributed by atoms with Gasteiger partial charge in [0, 0.05) is 11.6 Å². The van der Waals surface area contributed by atoms with Crippen LogP contribution in [0.4, 0.5) is 0 Å². The molecule has 0 saturated carbocycles. The van der Waals surface area contributed by atoms with E-state index in [1.807, 2.05) is 13.0 Å². The summed E-state index contributed by atoms with van der Waals surface area (Å²) in [5.74, 6) is 0. The van der Waals surface area contributed by atoms with Gasteiger partial charge in [0.2, 0.25) is 0 Å². The van der Waals surface area contributed by atoms with Crippen molar-refractivity contribution >= 4 is 11.6 Å². The number of hydrogen-bond acceptors (Lipinski definition) is 1. The van der Waals surface area contributed by atoms with Gasteiger partial charge in [-0.25, -0.2) is 0 Å². The van der Waals surface area contributed by atoms with Gasteiger partial charge in [-0.3, -0.25) is 0 Å². The largest absolute Gasteiger partial charge is 0.313 e. The van der Waals surface area contributed by atoms with Gasteiger partial charge >= 0.3 is 0 Å². The topological polar surface area (TPSA) is 12.0 Å². The highest BCUT2D eigenvalue weighted by molar-refractivity contribution is 6.31. The van der Waals surface area contributed by atoms with Crippen molar-refractivity contribution in [3.63, 3.8) is 0 Å². The predicted molar refractivity (Wildman–Crippen MR) is 67.4 cm³/mol. The Bertz CT molecular complexity index is 297. The molecule has 0 amide bonds. The molecule has 1 aromatic rings. The maximum Gasteiger partial charge on any atom is 0.0438 e. The molecule has 84 valence electrons. The monoisotopic (exact) mass is 225 g/mol. The number of halogens is 1. The zero-order valence-corrected chi connectivity index (χ0v) is 10.4. The summed E-state index contributed by atoms with van der Waals surface area (Å²) in [6, 6.07) is 6.25. The molecule has 0 aromatic heterocycles. The molecule has 0 aliphatic rings. The molecule has 0 unspecified atom stereocenters. The average molecular weight is 226 g/mol. The summed E-state index contributed by atoms with van der Waals surface area (Å²) in [5, 5.41) is 4.29. The fourth-order valence-corrected chi connectivity index (χ4v) is 1.68. The van der Waals surface area contributed by atoms with Crippen molar-refractivity contribution in [3.05, 3.63) is 34.3 Å². The SMILES string of the molecule is CCCCCNCc1ccc(C)c(Cl)c1. The normalized spacial score (nSPS) is 10.6. The van der Waals surface area contributed by atoms with Crippen LogP contribution in [0.5, 0.6) is 0 Å². The Labute approximate surface area is 97.8 Å². The molecule has 0 fully saturated rings. The number of hydrogen-bond donors (Lipinski definition) is 1. The third kappa shape index (κ3) is 4.67. The summed E-state index contributed by atoms with van der Waals surface area (Å²) in [5.41, 5.74) is 2.41. The molecule has 0 aliphatic carbocycles. The van der Waals surface area contributed by atoms with Gasteiger partial charge in [-0.1, -0.05) is 43.5 Å². The third-order valence-corrected chi connectivity index (χ3v) is 2.93. The van der Waals surface area contributed by atoms with Crippen LogP contribution in [0, 0.1) is 6.92 Å². The first-order valence-corrected chi connectivity index (χ1v) is 6.07. The Balaban J connectivity index is 2.28. The summed E-state index contributed by atoms with van der Waals surface area (Å²) in [4.78, 5) is 0. The zero-order chi connectivity index (χ0) is 11.1. The summed E-state index contributed by atoms with van der Waals surface area (Å²) in [6.45, 7) is 6.27. The molecule has 0 spiro atoms. The molecule has 15 heavy (non-hydrogen) atoms. The molecule has 0 atom stereocenters. The summed E-state index contributed by atoms with van der Waals surface area (Å²) < 4.78 is 0. The Hall–Kier alpha value is -0.530. The first-order chi connectivity index (χ1) is 7.24. The first-order valence-electron chi connectivity index (χ1n) is 5.69. The molecule has 0 heterocycles. The van der Waals surface area contributed by atoms with Gasteiger partial charge in [-0.2, -0.15) is 0 Å². The van der Waals surface area contributed by atoms with E-state index in [4.69, 9.17) is 11.6 Å². The lowest BCUT2D eigenvalue weighted by molar-refractivity contribution is 0.617. The van der Waals surface area contributed by atoms with Gasteiger partial charge in [-0.15, -0.1) is 0 Å². The lowest BCUT2D eigenvalue weighted by atomic mass is 10.1. The van der Waals surface area contributed by atoms with Crippen LogP contribution >= 0.6 is 11.6 Å². The highest BCUT2D eigenvalue weighted by atomic mass is 35.5. The van der Waals surface area contributed by atoms with E-state index < -0.39 is 0 Å². The van der Waals surface area contributed by atoms with Crippen LogP contribution in [0.3, 0.4) is 0 Å². The van der Waals surface area contributed by atoms with Crippen molar-refractivity contribution in [2.45, 2.75) is 39.7 Å². The van der Waals surface area contributed by atoms with Crippen LogP contribution < -0.4 is 5.32 Å². The van der Waals surface area contributed by atoms with E-state index in [1.165, 1.54) is 24.8 Å². The Morgan fingerprint density at radius 2 is 2.07 bits per heavy atom. The second-order valence-corrected chi connectivity index (χ2v) is 4.37. The van der Waals surface area contributed by atoms with Crippen LogP contribution in [0.15, 0.2) is 18.2 Å². The molecule has 1 N–H and O–H groups in total. The maximum absolute atomic E-state index is 6.05. The molecule has 0 saturated heterocycles. The lowest BCUT2D eigenvalue weighted by Crippen LogP contribution is -2.14. The van der Waals surface area contributed by atoms with E-state index in [0.29, 0.717) is 0 Å². The fraction of sp³-hybridized carbons (Fsp3) is 0.538. The molecule has 1 rings (SSSR count). The van der Waals surface area contributed by atoms with Crippen LogP contribution in [0.1, 0.15) is 37.3 Å². The number of rotatable bonds is 6. The summed E-state index contributed by atoms with van der Waals surface area (Å²) in [7, 11) is 0. The van der Waals surface area contributed by atoms with Crippen molar-refractivity contribution in [2.24, 2.45) is 0 Å². The van der Waals surface area contributed by atoms with E-state index in [1.54, 1.807) is 0 Å². The van der Waals surface area contributed by atoms with Gasteiger partial charge < -0.3 is 5.32 Å². The van der Waals surface area contributed by atoms with Crippen molar-refractivity contribution in [3.8, 4) is 0 Å². The second-order valence-electron chi connectivity index (χ2n) is 3.97. The quantitative estimate of drug-likeness (QED) is 0.724. The van der Waals surface area contributed by atoms with E-state index in [0.717, 1.165) is 23.7 Å². The number of aryl methyl sites for hydroxylation is 1. The number of unbranched alkanes of at least 4 members (excludes halogenated alkanes) is 2. The van der Waals surface area contributed by atoms with E-state index in [9.17, 15) is 0 Å². The van der Waals surface area contributed by atoms with Gasteiger partial charge in [0.1, 0.15) is 0 Å². The second kappa shape index (κ2) is 6.86. The zero-order valence-electron chi connectivity index (χ0n) is 9.65. The molecular weight excluding hydrogens is 206 g/mol. The molecule has 0 radical (unpaired) electrons. The summed E-state index contributed by atoms with van der Waals surface area (Å²) >= 11 is 6.05. The van der Waals surface area contributed by atoms with Crippen molar-refractivity contribution in [1.29, 1.82) is 0 Å². The molecule has 2 heteroatoms. The predicted octanol–water partition coefficient (Wildman–Crippen LogP) is 3.93. The summed E-state index contributed by atoms with van der Waals surface area (Å²) in [6.07, 6.45) is 3.84. The van der Waals surface area contributed by atoms with E-state index >= 15 is 0 Å². The van der Waals surface area contributed by atoms with E-state index in [2.05, 4.69) is 24.4 Å². The number of benzene rings is 1. The number of nitrogens with one attached hydrogen (secondary N) is 1. The fourth-order valence-electron chi connectivity index (χ4n) is 1.48. The van der Waals surface area contributed by atoms with Gasteiger partial charge in [-0.05, 0) is 37.1 Å². The average Bonchev–Trinajstić information content (AvgIpc) is 2.23. The van der Waals surface area contributed by atoms with Gasteiger partial charge in [0.15, 0.2) is 0 Å². The van der Waals surface area contributed by atoms with Crippen molar-refractivity contribution < 1.29 is 0 Å². The first kappa shape index (κ1) is 12.5. The lowest BCUT2D eigenvalue weighted by Gasteiger charge is -2.06. The standard InChI is InChI=1S/C13H20ClN/c1-3-4-5-8-15-10-12-7-6-11(2)13(14)9-12/h6-7,9,15H,3-5,8,10H2,1-2H3. The Kier molecular flexibility index (Phi) is 5.74. The van der Waals surface area contributed by atoms with Gasteiger partial charge in [0.25, 0.3) is 0 Å². The minimum atomic E-state index is 0.864.